The highest BCUT2D eigenvalue weighted by Gasteiger charge is 2.25. The minimum absolute atomic E-state index is 0.0772. The molecule has 5 nitrogen and oxygen atoms in total. The molecule has 0 radical (unpaired) electrons. The molecule has 3 rings (SSSR count). The molecule has 0 saturated carbocycles. The Labute approximate surface area is 149 Å². The van der Waals surface area contributed by atoms with Gasteiger partial charge in [0, 0.05) is 9.92 Å². The molecule has 1 aliphatic rings. The molecule has 2 aromatic rings. The molecule has 0 unspecified atom stereocenters. The van der Waals surface area contributed by atoms with Crippen molar-refractivity contribution in [2.45, 2.75) is 28.9 Å². The molecule has 2 aromatic carbocycles. The molecule has 0 aromatic heterocycles. The molecule has 8 heteroatoms. The van der Waals surface area contributed by atoms with Crippen LogP contribution < -0.4 is 10.0 Å². The van der Waals surface area contributed by atoms with Crippen molar-refractivity contribution in [3.8, 4) is 0 Å². The maximum atomic E-state index is 12.6. The van der Waals surface area contributed by atoms with E-state index in [2.05, 4.69) is 10.0 Å². The van der Waals surface area contributed by atoms with Gasteiger partial charge in [-0.25, -0.2) is 8.42 Å². The quantitative estimate of drug-likeness (QED) is 0.844. The summed E-state index contributed by atoms with van der Waals surface area (Å²) in [7, 11) is -3.78. The van der Waals surface area contributed by atoms with Crippen molar-refractivity contribution >= 4 is 50.7 Å². The summed E-state index contributed by atoms with van der Waals surface area (Å²) >= 11 is 7.43. The van der Waals surface area contributed by atoms with Gasteiger partial charge in [-0.2, -0.15) is 0 Å². The minimum atomic E-state index is -3.78. The Bertz CT molecular complexity index is 929. The second-order valence-electron chi connectivity index (χ2n) is 5.48. The lowest BCUT2D eigenvalue weighted by atomic mass is 10.2. The number of nitrogens with one attached hydrogen (secondary N) is 2. The van der Waals surface area contributed by atoms with Gasteiger partial charge < -0.3 is 5.32 Å². The predicted molar refractivity (Wildman–Crippen MR) is 97.4 cm³/mol. The number of rotatable bonds is 3. The number of fused-ring (bicyclic) bond motifs is 1. The van der Waals surface area contributed by atoms with Crippen LogP contribution in [0.3, 0.4) is 0 Å². The molecule has 2 N–H and O–H groups in total. The number of aryl methyl sites for hydroxylation is 1. The highest BCUT2D eigenvalue weighted by Crippen LogP contribution is 2.37. The van der Waals surface area contributed by atoms with E-state index < -0.39 is 10.0 Å². The van der Waals surface area contributed by atoms with Gasteiger partial charge in [-0.1, -0.05) is 17.7 Å². The maximum Gasteiger partial charge on any atom is 0.261 e. The molecular formula is C16H15ClN2O3S2. The zero-order valence-corrected chi connectivity index (χ0v) is 15.3. The van der Waals surface area contributed by atoms with Crippen molar-refractivity contribution in [2.75, 3.05) is 10.0 Å². The summed E-state index contributed by atoms with van der Waals surface area (Å²) in [5.74, 6) is -0.139. The summed E-state index contributed by atoms with van der Waals surface area (Å²) in [5, 5.41) is 3.01. The SMILES string of the molecule is Cc1ccc(NS(=O)(=O)c2ccc3c(c2)NC(=O)[C@H](C)S3)cc1Cl. The van der Waals surface area contributed by atoms with Gasteiger partial charge >= 0.3 is 0 Å². The van der Waals surface area contributed by atoms with Crippen molar-refractivity contribution in [2.24, 2.45) is 0 Å². The van der Waals surface area contributed by atoms with Crippen LogP contribution >= 0.6 is 23.4 Å². The number of halogens is 1. The maximum absolute atomic E-state index is 12.6. The summed E-state index contributed by atoms with van der Waals surface area (Å²) in [4.78, 5) is 12.7. The molecular weight excluding hydrogens is 368 g/mol. The van der Waals surface area contributed by atoms with E-state index in [4.69, 9.17) is 11.6 Å². The number of anilines is 2. The lowest BCUT2D eigenvalue weighted by Gasteiger charge is -2.22. The standard InChI is InChI=1S/C16H15ClN2O3S2/c1-9-3-4-11(7-13(9)17)19-24(21,22)12-5-6-15-14(8-12)18-16(20)10(2)23-15/h3-8,10,19H,1-2H3,(H,18,20)/t10-/m0/s1. The number of hydrogen-bond acceptors (Lipinski definition) is 4. The van der Waals surface area contributed by atoms with E-state index in [9.17, 15) is 13.2 Å². The zero-order chi connectivity index (χ0) is 17.5. The second kappa shape index (κ2) is 6.31. The van der Waals surface area contributed by atoms with Crippen LogP contribution in [0.2, 0.25) is 5.02 Å². The smallest absolute Gasteiger partial charge is 0.261 e. The van der Waals surface area contributed by atoms with Crippen LogP contribution in [-0.4, -0.2) is 19.6 Å². The third-order valence-corrected chi connectivity index (χ3v) is 6.58. The first-order valence-corrected chi connectivity index (χ1v) is 9.91. The van der Waals surface area contributed by atoms with Crippen LogP contribution in [0, 0.1) is 6.92 Å². The van der Waals surface area contributed by atoms with Gasteiger partial charge in [0.05, 0.1) is 21.5 Å². The van der Waals surface area contributed by atoms with E-state index in [1.54, 1.807) is 31.2 Å². The molecule has 1 heterocycles. The molecule has 0 bridgehead atoms. The van der Waals surface area contributed by atoms with E-state index in [1.807, 2.05) is 6.92 Å². The van der Waals surface area contributed by atoms with Crippen LogP contribution in [0.4, 0.5) is 11.4 Å². The van der Waals surface area contributed by atoms with E-state index in [1.165, 1.54) is 23.9 Å². The van der Waals surface area contributed by atoms with Crippen molar-refractivity contribution in [3.05, 3.63) is 47.0 Å². The van der Waals surface area contributed by atoms with Gasteiger partial charge in [-0.05, 0) is 49.7 Å². The first-order chi connectivity index (χ1) is 11.3. The van der Waals surface area contributed by atoms with Crippen LogP contribution in [0.15, 0.2) is 46.2 Å². The lowest BCUT2D eigenvalue weighted by molar-refractivity contribution is -0.115. The zero-order valence-electron chi connectivity index (χ0n) is 13.0. The fourth-order valence-corrected chi connectivity index (χ4v) is 4.41. The van der Waals surface area contributed by atoms with Gasteiger partial charge in [-0.15, -0.1) is 11.8 Å². The summed E-state index contributed by atoms with van der Waals surface area (Å²) in [6.45, 7) is 3.64. The third kappa shape index (κ3) is 3.38. The largest absolute Gasteiger partial charge is 0.324 e. The number of carbonyl (C=O) groups is 1. The van der Waals surface area contributed by atoms with Crippen LogP contribution in [0.1, 0.15) is 12.5 Å². The molecule has 1 amide bonds. The fourth-order valence-electron chi connectivity index (χ4n) is 2.23. The average molecular weight is 383 g/mol. The van der Waals surface area contributed by atoms with Crippen molar-refractivity contribution in [1.82, 2.24) is 0 Å². The van der Waals surface area contributed by atoms with Crippen molar-refractivity contribution in [1.29, 1.82) is 0 Å². The van der Waals surface area contributed by atoms with Gasteiger partial charge in [0.15, 0.2) is 0 Å². The predicted octanol–water partition coefficient (Wildman–Crippen LogP) is 3.88. The number of thioether (sulfide) groups is 1. The Balaban J connectivity index is 1.91. The Kier molecular flexibility index (Phi) is 4.50. The summed E-state index contributed by atoms with van der Waals surface area (Å²) in [6.07, 6.45) is 0. The number of benzene rings is 2. The first kappa shape index (κ1) is 17.1. The molecule has 0 fully saturated rings. The molecule has 1 aliphatic heterocycles. The van der Waals surface area contributed by atoms with Gasteiger partial charge in [0.1, 0.15) is 0 Å². The van der Waals surface area contributed by atoms with Crippen LogP contribution in [0.5, 0.6) is 0 Å². The average Bonchev–Trinajstić information content (AvgIpc) is 2.51. The van der Waals surface area contributed by atoms with Gasteiger partial charge in [-0.3, -0.25) is 9.52 Å². The molecule has 0 saturated heterocycles. The lowest BCUT2D eigenvalue weighted by Crippen LogP contribution is -2.26. The summed E-state index contributed by atoms with van der Waals surface area (Å²) < 4.78 is 27.6. The second-order valence-corrected chi connectivity index (χ2v) is 8.95. The van der Waals surface area contributed by atoms with E-state index in [0.717, 1.165) is 10.5 Å². The van der Waals surface area contributed by atoms with Crippen LogP contribution in [-0.2, 0) is 14.8 Å². The highest BCUT2D eigenvalue weighted by molar-refractivity contribution is 8.01. The van der Waals surface area contributed by atoms with E-state index in [0.29, 0.717) is 16.4 Å². The number of sulfonamides is 1. The van der Waals surface area contributed by atoms with Gasteiger partial charge in [0.2, 0.25) is 5.91 Å². The van der Waals surface area contributed by atoms with Crippen molar-refractivity contribution in [3.63, 3.8) is 0 Å². The summed E-state index contributed by atoms with van der Waals surface area (Å²) in [6, 6.07) is 9.64. The van der Waals surface area contributed by atoms with Crippen molar-refractivity contribution < 1.29 is 13.2 Å². The highest BCUT2D eigenvalue weighted by atomic mass is 35.5. The third-order valence-electron chi connectivity index (χ3n) is 3.62. The topological polar surface area (TPSA) is 75.3 Å². The van der Waals surface area contributed by atoms with Crippen LogP contribution in [0.25, 0.3) is 0 Å². The fraction of sp³-hybridized carbons (Fsp3) is 0.188. The number of amides is 1. The van der Waals surface area contributed by atoms with E-state index >= 15 is 0 Å². The van der Waals surface area contributed by atoms with Gasteiger partial charge in [0.25, 0.3) is 10.0 Å². The Hall–Kier alpha value is -1.70. The molecule has 126 valence electrons. The van der Waals surface area contributed by atoms with E-state index in [-0.39, 0.29) is 16.1 Å². The normalized spacial score (nSPS) is 17.1. The Morgan fingerprint density at radius 2 is 1.96 bits per heavy atom. The molecule has 1 atom stereocenters. The molecule has 0 spiro atoms. The minimum Gasteiger partial charge on any atom is -0.324 e. The Morgan fingerprint density at radius 3 is 2.67 bits per heavy atom. The molecule has 24 heavy (non-hydrogen) atoms. The monoisotopic (exact) mass is 382 g/mol. The summed E-state index contributed by atoms with van der Waals surface area (Å²) in [5.41, 5.74) is 1.76. The number of hydrogen-bond donors (Lipinski definition) is 2. The molecule has 0 aliphatic carbocycles. The first-order valence-electron chi connectivity index (χ1n) is 7.17. The Morgan fingerprint density at radius 1 is 1.21 bits per heavy atom. The number of carbonyl (C=O) groups excluding carboxylic acids is 1.